The number of primary amides is 1. The zero-order valence-corrected chi connectivity index (χ0v) is 14.8. The lowest BCUT2D eigenvalue weighted by atomic mass is 10.3. The minimum atomic E-state index is -4.12. The first kappa shape index (κ1) is 20.1. The van der Waals surface area contributed by atoms with Gasteiger partial charge in [0.25, 0.3) is 10.0 Å². The van der Waals surface area contributed by atoms with Crippen molar-refractivity contribution in [3.05, 3.63) is 24.3 Å². The van der Waals surface area contributed by atoms with Crippen molar-refractivity contribution in [1.82, 2.24) is 5.32 Å². The molecule has 0 aliphatic heterocycles. The van der Waals surface area contributed by atoms with E-state index in [2.05, 4.69) is 9.47 Å². The van der Waals surface area contributed by atoms with Gasteiger partial charge >= 0.3 is 19.8 Å². The van der Waals surface area contributed by atoms with E-state index in [0.29, 0.717) is 0 Å². The third kappa shape index (κ3) is 5.28. The number of sulfonamides is 1. The zero-order chi connectivity index (χ0) is 18.4. The van der Waals surface area contributed by atoms with Gasteiger partial charge < -0.3 is 24.6 Å². The number of nitrogens with zero attached hydrogens (tertiary/aromatic N) is 1. The highest BCUT2D eigenvalue weighted by atomic mass is 32.2. The van der Waals surface area contributed by atoms with Crippen LogP contribution in [0.1, 0.15) is 0 Å². The molecule has 0 unspecified atom stereocenters. The van der Waals surface area contributed by atoms with Crippen LogP contribution in [0.25, 0.3) is 0 Å². The molecular formula is C11H17N4O7PS. The summed E-state index contributed by atoms with van der Waals surface area (Å²) in [6, 6.07) is 3.13. The van der Waals surface area contributed by atoms with Gasteiger partial charge in [-0.05, 0) is 24.3 Å². The molecule has 0 bridgehead atoms. The van der Waals surface area contributed by atoms with Crippen LogP contribution in [-0.4, -0.2) is 41.8 Å². The number of carbonyl (C=O) groups is 2. The highest BCUT2D eigenvalue weighted by Gasteiger charge is 2.25. The summed E-state index contributed by atoms with van der Waals surface area (Å²) in [4.78, 5) is 21.7. The van der Waals surface area contributed by atoms with Crippen molar-refractivity contribution in [2.24, 2.45) is 9.88 Å². The molecular weight excluding hydrogens is 363 g/mol. The Kier molecular flexibility index (Phi) is 6.87. The number of imide groups is 1. The van der Waals surface area contributed by atoms with Crippen LogP contribution in [0.15, 0.2) is 33.3 Å². The summed E-state index contributed by atoms with van der Waals surface area (Å²) in [5, 5.41) is 4.09. The second-order valence-corrected chi connectivity index (χ2v) is 8.15. The first-order chi connectivity index (χ1) is 11.2. The summed E-state index contributed by atoms with van der Waals surface area (Å²) in [5.41, 5.74) is 5.03. The standard InChI is InChI=1S/C11H17N4O7PS/c1-20-23(21-2,22-3)15-24(18,19)9-6-4-8(5-7-9)13-11(17)14-10(12)16/h4-7H,1-3H3,(H4,12,13,14,16,17). The van der Waals surface area contributed by atoms with Crippen molar-refractivity contribution in [2.75, 3.05) is 26.6 Å². The van der Waals surface area contributed by atoms with Gasteiger partial charge in [0.1, 0.15) is 0 Å². The molecule has 0 radical (unpaired) electrons. The molecule has 1 aromatic rings. The molecule has 4 N–H and O–H groups in total. The Morgan fingerprint density at radius 1 is 1.08 bits per heavy atom. The molecule has 0 saturated carbocycles. The van der Waals surface area contributed by atoms with E-state index < -0.39 is 29.8 Å². The van der Waals surface area contributed by atoms with Crippen LogP contribution < -0.4 is 16.4 Å². The summed E-state index contributed by atoms with van der Waals surface area (Å²) in [6.07, 6.45) is 0. The number of carbonyl (C=O) groups excluding carboxylic acids is 2. The third-order valence-electron chi connectivity index (χ3n) is 2.55. The lowest BCUT2D eigenvalue weighted by Gasteiger charge is -2.16. The monoisotopic (exact) mass is 380 g/mol. The van der Waals surface area contributed by atoms with Crippen LogP contribution in [0.3, 0.4) is 0 Å². The van der Waals surface area contributed by atoms with Crippen LogP contribution in [0, 0.1) is 0 Å². The zero-order valence-electron chi connectivity index (χ0n) is 13.0. The molecule has 0 saturated heterocycles. The highest BCUT2D eigenvalue weighted by molar-refractivity contribution is 7.93. The van der Waals surface area contributed by atoms with Crippen LogP contribution in [0.4, 0.5) is 15.3 Å². The first-order valence-electron chi connectivity index (χ1n) is 6.21. The number of urea groups is 2. The summed E-state index contributed by atoms with van der Waals surface area (Å²) in [7, 11) is -3.85. The maximum absolute atomic E-state index is 12.3. The van der Waals surface area contributed by atoms with Crippen molar-refractivity contribution in [1.29, 1.82) is 0 Å². The Bertz CT molecular complexity index is 744. The maximum atomic E-state index is 12.3. The number of anilines is 1. The number of rotatable bonds is 6. The van der Waals surface area contributed by atoms with Gasteiger partial charge in [-0.1, -0.05) is 4.15 Å². The van der Waals surface area contributed by atoms with E-state index >= 15 is 0 Å². The van der Waals surface area contributed by atoms with Crippen LogP contribution in [-0.2, 0) is 23.6 Å². The fraction of sp³-hybridized carbons (Fsp3) is 0.273. The minimum Gasteiger partial charge on any atom is -0.351 e. The fourth-order valence-electron chi connectivity index (χ4n) is 1.49. The van der Waals surface area contributed by atoms with Gasteiger partial charge in [-0.25, -0.2) is 9.59 Å². The molecule has 134 valence electrons. The van der Waals surface area contributed by atoms with Gasteiger partial charge in [-0.15, -0.1) is 0 Å². The Morgan fingerprint density at radius 2 is 1.58 bits per heavy atom. The predicted octanol–water partition coefficient (Wildman–Crippen LogP) is 1.46. The number of benzene rings is 1. The molecule has 1 aromatic carbocycles. The number of amides is 4. The summed E-state index contributed by atoms with van der Waals surface area (Å²) in [5.74, 6) is 0. The first-order valence-corrected chi connectivity index (χ1v) is 9.15. The molecule has 4 amide bonds. The van der Waals surface area contributed by atoms with Gasteiger partial charge in [0.2, 0.25) is 0 Å². The van der Waals surface area contributed by atoms with Crippen molar-refractivity contribution in [2.45, 2.75) is 4.90 Å². The molecule has 0 fully saturated rings. The van der Waals surface area contributed by atoms with Gasteiger partial charge in [-0.2, -0.15) is 8.42 Å². The van der Waals surface area contributed by atoms with Crippen molar-refractivity contribution < 1.29 is 31.6 Å². The topological polar surface area (TPSA) is 158 Å². The number of nitrogens with one attached hydrogen (secondary N) is 2. The molecule has 0 aliphatic carbocycles. The van der Waals surface area contributed by atoms with E-state index in [-0.39, 0.29) is 10.6 Å². The van der Waals surface area contributed by atoms with E-state index in [9.17, 15) is 18.0 Å². The van der Waals surface area contributed by atoms with Crippen LogP contribution in [0.2, 0.25) is 0 Å². The van der Waals surface area contributed by atoms with E-state index in [4.69, 9.17) is 19.3 Å². The van der Waals surface area contributed by atoms with Crippen molar-refractivity contribution >= 4 is 35.5 Å². The minimum absolute atomic E-state index is 0.168. The quantitative estimate of drug-likeness (QED) is 0.630. The molecule has 0 spiro atoms. The Balaban J connectivity index is 3.05. The number of hydrogen-bond donors (Lipinski definition) is 3. The van der Waals surface area contributed by atoms with Gasteiger partial charge in [-0.3, -0.25) is 5.32 Å². The second-order valence-electron chi connectivity index (χ2n) is 4.04. The van der Waals surface area contributed by atoms with Gasteiger partial charge in [0.15, 0.2) is 0 Å². The SMILES string of the molecule is COP(=NS(=O)(=O)c1ccc(NC(=O)NC(N)=O)cc1)(OC)OC. The van der Waals surface area contributed by atoms with E-state index in [0.717, 1.165) is 0 Å². The van der Waals surface area contributed by atoms with Crippen LogP contribution in [0.5, 0.6) is 0 Å². The number of hydrogen-bond acceptors (Lipinski definition) is 7. The summed E-state index contributed by atoms with van der Waals surface area (Å²) >= 11 is 0. The number of nitrogens with two attached hydrogens (primary N) is 1. The highest BCUT2D eigenvalue weighted by Crippen LogP contribution is 2.52. The summed E-state index contributed by atoms with van der Waals surface area (Å²) < 4.78 is 42.8. The maximum Gasteiger partial charge on any atom is 0.370 e. The lowest BCUT2D eigenvalue weighted by Crippen LogP contribution is -2.38. The summed E-state index contributed by atoms with van der Waals surface area (Å²) in [6.45, 7) is 0. The average Bonchev–Trinajstić information content (AvgIpc) is 2.52. The van der Waals surface area contributed by atoms with Crippen LogP contribution >= 0.6 is 7.74 Å². The Morgan fingerprint density at radius 3 is 2.00 bits per heavy atom. The predicted molar refractivity (Wildman–Crippen MR) is 85.7 cm³/mol. The van der Waals surface area contributed by atoms with Gasteiger partial charge in [0.05, 0.1) is 4.90 Å². The molecule has 0 atom stereocenters. The lowest BCUT2D eigenvalue weighted by molar-refractivity contribution is 0.225. The smallest absolute Gasteiger partial charge is 0.351 e. The normalized spacial score (nSPS) is 11.6. The van der Waals surface area contributed by atoms with E-state index in [1.165, 1.54) is 45.6 Å². The molecule has 13 heteroatoms. The van der Waals surface area contributed by atoms with Crippen molar-refractivity contribution in [3.63, 3.8) is 0 Å². The molecule has 0 aromatic heterocycles. The molecule has 0 aliphatic rings. The largest absolute Gasteiger partial charge is 0.370 e. The van der Waals surface area contributed by atoms with Crippen molar-refractivity contribution in [3.8, 4) is 0 Å². The average molecular weight is 380 g/mol. The Labute approximate surface area is 138 Å². The van der Waals surface area contributed by atoms with E-state index in [1.807, 2.05) is 0 Å². The Hall–Kier alpha value is -1.98. The molecule has 24 heavy (non-hydrogen) atoms. The molecule has 1 rings (SSSR count). The third-order valence-corrected chi connectivity index (χ3v) is 6.46. The van der Waals surface area contributed by atoms with Gasteiger partial charge in [0, 0.05) is 27.0 Å². The van der Waals surface area contributed by atoms with E-state index in [1.54, 1.807) is 5.32 Å². The fourth-order valence-corrected chi connectivity index (χ4v) is 4.64. The molecule has 11 nitrogen and oxygen atoms in total. The second kappa shape index (κ2) is 8.22. The molecule has 0 heterocycles.